The fourth-order valence-corrected chi connectivity index (χ4v) is 6.62. The first-order valence-electron chi connectivity index (χ1n) is 11.0. The number of carbonyl (C=O) groups is 2. The molecule has 0 bridgehead atoms. The van der Waals surface area contributed by atoms with Gasteiger partial charge in [0.2, 0.25) is 0 Å². The van der Waals surface area contributed by atoms with Crippen molar-refractivity contribution in [1.29, 1.82) is 0 Å². The Kier molecular flexibility index (Phi) is 7.77. The highest BCUT2D eigenvalue weighted by molar-refractivity contribution is 8.27. The first kappa shape index (κ1) is 24.9. The van der Waals surface area contributed by atoms with Gasteiger partial charge in [0.25, 0.3) is 11.8 Å². The molecule has 0 atom stereocenters. The number of nitrogens with zero attached hydrogens (tertiary/aromatic N) is 3. The van der Waals surface area contributed by atoms with Crippen LogP contribution in [0.25, 0.3) is 12.2 Å². The summed E-state index contributed by atoms with van der Waals surface area (Å²) in [4.78, 5) is 32.5. The number of aryl methyl sites for hydroxylation is 1. The Morgan fingerprint density at radius 1 is 0.882 bits per heavy atom. The van der Waals surface area contributed by atoms with Crippen molar-refractivity contribution in [2.45, 2.75) is 19.8 Å². The van der Waals surface area contributed by atoms with Gasteiger partial charge in [-0.25, -0.2) is 0 Å². The molecule has 3 aliphatic rings. The molecule has 1 aromatic carbocycles. The van der Waals surface area contributed by atoms with E-state index in [1.165, 1.54) is 23.5 Å². The van der Waals surface area contributed by atoms with Crippen LogP contribution in [0, 0.1) is 6.92 Å². The number of hydrogen-bond acceptors (Lipinski definition) is 7. The highest BCUT2D eigenvalue weighted by atomic mass is 32.2. The zero-order valence-electron chi connectivity index (χ0n) is 18.9. The third-order valence-corrected chi connectivity index (χ3v) is 8.56. The number of anilines is 1. The van der Waals surface area contributed by atoms with Crippen molar-refractivity contribution in [2.75, 3.05) is 31.1 Å². The molecule has 3 aliphatic heterocycles. The van der Waals surface area contributed by atoms with E-state index in [-0.39, 0.29) is 11.8 Å². The van der Waals surface area contributed by atoms with Gasteiger partial charge in [-0.1, -0.05) is 60.1 Å². The summed E-state index contributed by atoms with van der Waals surface area (Å²) in [6, 6.07) is 4.21. The lowest BCUT2D eigenvalue weighted by Crippen LogP contribution is -2.27. The smallest absolute Gasteiger partial charge is 0.266 e. The molecule has 0 radical (unpaired) electrons. The predicted molar refractivity (Wildman–Crippen MR) is 153 cm³/mol. The molecular formula is C25H25N3O2S4. The predicted octanol–water partition coefficient (Wildman–Crippen LogP) is 5.37. The number of carbonyl (C=O) groups excluding carboxylic acids is 2. The van der Waals surface area contributed by atoms with E-state index in [2.05, 4.69) is 30.2 Å². The maximum Gasteiger partial charge on any atom is 0.266 e. The van der Waals surface area contributed by atoms with E-state index in [9.17, 15) is 9.59 Å². The second-order valence-corrected chi connectivity index (χ2v) is 11.5. The molecule has 5 nitrogen and oxygen atoms in total. The minimum absolute atomic E-state index is 0.102. The molecule has 1 aromatic rings. The van der Waals surface area contributed by atoms with E-state index in [1.54, 1.807) is 22.0 Å². The van der Waals surface area contributed by atoms with Crippen LogP contribution in [-0.4, -0.2) is 56.4 Å². The lowest BCUT2D eigenvalue weighted by Gasteiger charge is -2.22. The maximum atomic E-state index is 13.0. The van der Waals surface area contributed by atoms with Gasteiger partial charge in [0.05, 0.1) is 9.81 Å². The normalized spacial score (nSPS) is 21.0. The topological polar surface area (TPSA) is 43.9 Å². The Morgan fingerprint density at radius 2 is 1.38 bits per heavy atom. The van der Waals surface area contributed by atoms with Gasteiger partial charge in [0, 0.05) is 31.9 Å². The van der Waals surface area contributed by atoms with Crippen LogP contribution >= 0.6 is 48.0 Å². The molecule has 0 saturated carbocycles. The van der Waals surface area contributed by atoms with Crippen molar-refractivity contribution in [2.24, 2.45) is 0 Å². The molecule has 2 amide bonds. The Labute approximate surface area is 219 Å². The molecule has 0 N–H and O–H groups in total. The molecule has 0 unspecified atom stereocenters. The third-order valence-electron chi connectivity index (χ3n) is 5.81. The molecule has 3 saturated heterocycles. The lowest BCUT2D eigenvalue weighted by molar-refractivity contribution is -0.122. The second kappa shape index (κ2) is 10.6. The van der Waals surface area contributed by atoms with Crippen LogP contribution in [0.5, 0.6) is 0 Å². The Hall–Kier alpha value is -2.20. The summed E-state index contributed by atoms with van der Waals surface area (Å²) in [5, 5.41) is 0. The van der Waals surface area contributed by atoms with Crippen molar-refractivity contribution in [3.05, 3.63) is 63.9 Å². The van der Waals surface area contributed by atoms with Crippen molar-refractivity contribution >= 4 is 86.3 Å². The summed E-state index contributed by atoms with van der Waals surface area (Å²) in [6.45, 7) is 12.2. The summed E-state index contributed by atoms with van der Waals surface area (Å²) in [6.07, 6.45) is 9.46. The monoisotopic (exact) mass is 527 g/mol. The molecule has 3 heterocycles. The number of benzene rings is 1. The minimum Gasteiger partial charge on any atom is -0.371 e. The molecule has 9 heteroatoms. The average molecular weight is 528 g/mol. The number of hydrogen-bond donors (Lipinski definition) is 0. The van der Waals surface area contributed by atoms with Crippen molar-refractivity contribution in [1.82, 2.24) is 9.80 Å². The third kappa shape index (κ3) is 4.93. The Morgan fingerprint density at radius 3 is 1.88 bits per heavy atom. The summed E-state index contributed by atoms with van der Waals surface area (Å²) in [5.41, 5.74) is 4.03. The van der Waals surface area contributed by atoms with Gasteiger partial charge >= 0.3 is 0 Å². The molecule has 3 fully saturated rings. The fourth-order valence-electron chi connectivity index (χ4n) is 4.09. The van der Waals surface area contributed by atoms with Crippen molar-refractivity contribution < 1.29 is 9.59 Å². The Balaban J connectivity index is 1.76. The molecular weight excluding hydrogens is 503 g/mol. The zero-order chi connectivity index (χ0) is 24.4. The molecule has 0 aromatic heterocycles. The van der Waals surface area contributed by atoms with E-state index < -0.39 is 0 Å². The van der Waals surface area contributed by atoms with E-state index in [0.717, 1.165) is 48.3 Å². The van der Waals surface area contributed by atoms with Crippen LogP contribution in [0.15, 0.2) is 47.3 Å². The molecule has 0 spiro atoms. The van der Waals surface area contributed by atoms with Gasteiger partial charge in [0.15, 0.2) is 0 Å². The second-order valence-electron chi connectivity index (χ2n) is 8.12. The van der Waals surface area contributed by atoms with E-state index in [0.29, 0.717) is 31.5 Å². The first-order valence-corrected chi connectivity index (χ1v) is 13.4. The highest BCUT2D eigenvalue weighted by Crippen LogP contribution is 2.38. The summed E-state index contributed by atoms with van der Waals surface area (Å²) < 4.78 is 1.07. The van der Waals surface area contributed by atoms with Crippen LogP contribution in [0.4, 0.5) is 5.69 Å². The summed E-state index contributed by atoms with van der Waals surface area (Å²) in [5.74, 6) is -0.209. The molecule has 0 aliphatic carbocycles. The van der Waals surface area contributed by atoms with Gasteiger partial charge in [-0.15, -0.1) is 13.2 Å². The van der Waals surface area contributed by atoms with Gasteiger partial charge in [0.1, 0.15) is 8.64 Å². The number of thioether (sulfide) groups is 2. The average Bonchev–Trinajstić information content (AvgIpc) is 3.49. The quantitative estimate of drug-likeness (QED) is 0.268. The summed E-state index contributed by atoms with van der Waals surface area (Å²) in [7, 11) is 0. The summed E-state index contributed by atoms with van der Waals surface area (Å²) >= 11 is 13.4. The fraction of sp³-hybridized carbons (Fsp3) is 0.280. The first-order chi connectivity index (χ1) is 16.3. The van der Waals surface area contributed by atoms with Crippen LogP contribution in [0.1, 0.15) is 29.5 Å². The van der Waals surface area contributed by atoms with E-state index in [4.69, 9.17) is 24.4 Å². The van der Waals surface area contributed by atoms with Gasteiger partial charge in [-0.2, -0.15) is 0 Å². The van der Waals surface area contributed by atoms with Crippen LogP contribution < -0.4 is 4.90 Å². The molecule has 34 heavy (non-hydrogen) atoms. The standard InChI is InChI=1S/C25H25N3O2S4/c1-4-8-27-22(29)20(33-24(27)31)14-17-13-18(19(12-16(17)3)26-10-6-7-11-26)15-21-23(30)28(9-5-2)25(32)34-21/h4-5,12-15H,1-2,6-11H2,3H3/b20-14+,21-15+. The van der Waals surface area contributed by atoms with Crippen LogP contribution in [0.3, 0.4) is 0 Å². The SMILES string of the molecule is C=CCN1C(=O)/C(=C\c2cc(/C=C3/SC(=S)N(CC=C)C3=O)c(N3CCCC3)cc2C)SC1=S. The largest absolute Gasteiger partial charge is 0.371 e. The van der Waals surface area contributed by atoms with E-state index >= 15 is 0 Å². The van der Waals surface area contributed by atoms with Crippen LogP contribution in [-0.2, 0) is 9.59 Å². The highest BCUT2D eigenvalue weighted by Gasteiger charge is 2.33. The van der Waals surface area contributed by atoms with Crippen molar-refractivity contribution in [3.63, 3.8) is 0 Å². The van der Waals surface area contributed by atoms with Crippen LogP contribution in [0.2, 0.25) is 0 Å². The minimum atomic E-state index is -0.107. The van der Waals surface area contributed by atoms with Gasteiger partial charge in [-0.3, -0.25) is 19.4 Å². The number of thiocarbonyl (C=S) groups is 2. The number of amides is 2. The maximum absolute atomic E-state index is 13.0. The molecule has 4 rings (SSSR count). The van der Waals surface area contributed by atoms with Gasteiger partial charge in [-0.05, 0) is 60.7 Å². The van der Waals surface area contributed by atoms with Gasteiger partial charge < -0.3 is 4.90 Å². The van der Waals surface area contributed by atoms with Crippen molar-refractivity contribution in [3.8, 4) is 0 Å². The zero-order valence-corrected chi connectivity index (χ0v) is 22.2. The molecule has 176 valence electrons. The number of rotatable bonds is 7. The lowest BCUT2D eigenvalue weighted by atomic mass is 10.0. The van der Waals surface area contributed by atoms with E-state index in [1.807, 2.05) is 19.1 Å². The Bertz CT molecular complexity index is 1160.